The van der Waals surface area contributed by atoms with Gasteiger partial charge in [0, 0.05) is 17.8 Å². The maximum atomic E-state index is 11.5. The minimum atomic E-state index is 0.622. The number of aromatic nitrogens is 1. The van der Waals surface area contributed by atoms with Gasteiger partial charge in [0.05, 0.1) is 10.7 Å². The van der Waals surface area contributed by atoms with Crippen LogP contribution in [0.25, 0.3) is 5.03 Å². The van der Waals surface area contributed by atoms with E-state index in [4.69, 9.17) is 11.6 Å². The van der Waals surface area contributed by atoms with E-state index in [0.717, 1.165) is 29.7 Å². The third-order valence-electron chi connectivity index (χ3n) is 4.10. The van der Waals surface area contributed by atoms with Crippen LogP contribution in [0.1, 0.15) is 39.8 Å². The Morgan fingerprint density at radius 3 is 2.52 bits per heavy atom. The smallest absolute Gasteiger partial charge is 0.152 e. The van der Waals surface area contributed by atoms with Crippen molar-refractivity contribution in [1.29, 1.82) is 0 Å². The molecule has 0 amide bonds. The first kappa shape index (κ1) is 17.3. The number of benzene rings is 1. The van der Waals surface area contributed by atoms with E-state index in [1.54, 1.807) is 0 Å². The second-order valence-electron chi connectivity index (χ2n) is 5.51. The van der Waals surface area contributed by atoms with Crippen LogP contribution in [0.4, 0.5) is 0 Å². The summed E-state index contributed by atoms with van der Waals surface area (Å²) in [6.45, 7) is 6.69. The van der Waals surface area contributed by atoms with Crippen LogP contribution in [0.5, 0.6) is 0 Å². The molecule has 0 unspecified atom stereocenters. The Morgan fingerprint density at radius 2 is 1.91 bits per heavy atom. The molecule has 0 spiro atoms. The fourth-order valence-corrected chi connectivity index (χ4v) is 2.93. The molecule has 120 valence electrons. The standard InChI is InChI=1S/C20H22ClNO/c1-4-5-13-22-16(3)15(2)18(14-23)20(22)19(21)12-11-17-9-7-6-8-10-17/h4-10,12,14H,11,13H2,1-3H3/b5-4+,19-12+. The Hall–Kier alpha value is -2.06. The molecule has 1 aromatic carbocycles. The molecular formula is C20H22ClNO. The summed E-state index contributed by atoms with van der Waals surface area (Å²) in [6, 6.07) is 10.1. The monoisotopic (exact) mass is 327 g/mol. The fraction of sp³-hybridized carbons (Fsp3) is 0.250. The molecule has 0 bridgehead atoms. The Morgan fingerprint density at radius 1 is 1.22 bits per heavy atom. The maximum absolute atomic E-state index is 11.5. The average molecular weight is 328 g/mol. The van der Waals surface area contributed by atoms with Crippen LogP contribution in [0.2, 0.25) is 0 Å². The molecule has 0 saturated carbocycles. The van der Waals surface area contributed by atoms with Crippen LogP contribution in [0.3, 0.4) is 0 Å². The van der Waals surface area contributed by atoms with Crippen molar-refractivity contribution in [2.45, 2.75) is 33.7 Å². The topological polar surface area (TPSA) is 22.0 Å². The fourth-order valence-electron chi connectivity index (χ4n) is 2.65. The summed E-state index contributed by atoms with van der Waals surface area (Å²) in [5.41, 5.74) is 4.75. The van der Waals surface area contributed by atoms with Crippen molar-refractivity contribution >= 4 is 22.9 Å². The van der Waals surface area contributed by atoms with Crippen LogP contribution >= 0.6 is 11.6 Å². The van der Waals surface area contributed by atoms with Gasteiger partial charge in [-0.25, -0.2) is 0 Å². The molecule has 0 aliphatic carbocycles. The molecular weight excluding hydrogens is 306 g/mol. The van der Waals surface area contributed by atoms with E-state index in [-0.39, 0.29) is 0 Å². The molecule has 0 radical (unpaired) electrons. The predicted octanol–water partition coefficient (Wildman–Crippen LogP) is 5.32. The molecule has 0 aliphatic rings. The summed E-state index contributed by atoms with van der Waals surface area (Å²) >= 11 is 6.57. The molecule has 2 aromatic rings. The Labute approximate surface area is 143 Å². The van der Waals surface area contributed by atoms with Gasteiger partial charge in [-0.3, -0.25) is 4.79 Å². The molecule has 2 nitrogen and oxygen atoms in total. The number of hydrogen-bond acceptors (Lipinski definition) is 1. The lowest BCUT2D eigenvalue weighted by Gasteiger charge is -2.09. The molecule has 23 heavy (non-hydrogen) atoms. The van der Waals surface area contributed by atoms with Crippen LogP contribution in [0.15, 0.2) is 48.6 Å². The number of halogens is 1. The highest BCUT2D eigenvalue weighted by atomic mass is 35.5. The first-order chi connectivity index (χ1) is 11.1. The lowest BCUT2D eigenvalue weighted by Crippen LogP contribution is -2.03. The Balaban J connectivity index is 2.43. The van der Waals surface area contributed by atoms with Gasteiger partial charge in [-0.05, 0) is 38.3 Å². The van der Waals surface area contributed by atoms with Crippen molar-refractivity contribution in [1.82, 2.24) is 4.57 Å². The minimum absolute atomic E-state index is 0.622. The summed E-state index contributed by atoms with van der Waals surface area (Å²) in [4.78, 5) is 11.5. The normalized spacial score (nSPS) is 12.1. The van der Waals surface area contributed by atoms with E-state index >= 15 is 0 Å². The zero-order valence-corrected chi connectivity index (χ0v) is 14.6. The van der Waals surface area contributed by atoms with Crippen molar-refractivity contribution in [3.05, 3.63) is 76.6 Å². The van der Waals surface area contributed by atoms with E-state index in [9.17, 15) is 4.79 Å². The van der Waals surface area contributed by atoms with Crippen molar-refractivity contribution in [2.24, 2.45) is 0 Å². The quantitative estimate of drug-likeness (QED) is 0.520. The van der Waals surface area contributed by atoms with E-state index in [0.29, 0.717) is 17.1 Å². The summed E-state index contributed by atoms with van der Waals surface area (Å²) < 4.78 is 2.10. The number of aldehydes is 1. The number of nitrogens with zero attached hydrogens (tertiary/aromatic N) is 1. The highest BCUT2D eigenvalue weighted by Gasteiger charge is 2.18. The number of rotatable bonds is 6. The van der Waals surface area contributed by atoms with Gasteiger partial charge < -0.3 is 4.57 Å². The van der Waals surface area contributed by atoms with E-state index in [1.807, 2.05) is 51.1 Å². The van der Waals surface area contributed by atoms with Crippen molar-refractivity contribution in [3.8, 4) is 0 Å². The van der Waals surface area contributed by atoms with Gasteiger partial charge in [0.2, 0.25) is 0 Å². The molecule has 0 aliphatic heterocycles. The van der Waals surface area contributed by atoms with Gasteiger partial charge >= 0.3 is 0 Å². The minimum Gasteiger partial charge on any atom is -0.339 e. The largest absolute Gasteiger partial charge is 0.339 e. The molecule has 1 aromatic heterocycles. The van der Waals surface area contributed by atoms with Crippen LogP contribution < -0.4 is 0 Å². The summed E-state index contributed by atoms with van der Waals surface area (Å²) in [6.07, 6.45) is 7.68. The van der Waals surface area contributed by atoms with Gasteiger partial charge in [0.25, 0.3) is 0 Å². The lowest BCUT2D eigenvalue weighted by atomic mass is 10.1. The summed E-state index contributed by atoms with van der Waals surface area (Å²) in [5, 5.41) is 0.622. The second-order valence-corrected chi connectivity index (χ2v) is 5.92. The maximum Gasteiger partial charge on any atom is 0.152 e. The van der Waals surface area contributed by atoms with Crippen molar-refractivity contribution in [3.63, 3.8) is 0 Å². The highest BCUT2D eigenvalue weighted by Crippen LogP contribution is 2.29. The SMILES string of the molecule is C/C=C/Cn1c(C)c(C)c(C=O)c1/C(Cl)=C\Cc1ccccc1. The van der Waals surface area contributed by atoms with Gasteiger partial charge in [-0.1, -0.05) is 60.2 Å². The summed E-state index contributed by atoms with van der Waals surface area (Å²) in [5.74, 6) is 0. The molecule has 2 rings (SSSR count). The Bertz CT molecular complexity index is 739. The van der Waals surface area contributed by atoms with Crippen LogP contribution in [-0.2, 0) is 13.0 Å². The van der Waals surface area contributed by atoms with Gasteiger partial charge in [-0.15, -0.1) is 0 Å². The summed E-state index contributed by atoms with van der Waals surface area (Å²) in [7, 11) is 0. The second kappa shape index (κ2) is 7.98. The van der Waals surface area contributed by atoms with Gasteiger partial charge in [0.1, 0.15) is 0 Å². The van der Waals surface area contributed by atoms with Gasteiger partial charge in [0.15, 0.2) is 6.29 Å². The van der Waals surface area contributed by atoms with Crippen molar-refractivity contribution < 1.29 is 4.79 Å². The Kier molecular flexibility index (Phi) is 6.00. The molecule has 0 saturated heterocycles. The number of carbonyl (C=O) groups excluding carboxylic acids is 1. The zero-order valence-electron chi connectivity index (χ0n) is 13.8. The van der Waals surface area contributed by atoms with E-state index in [1.165, 1.54) is 5.56 Å². The molecule has 0 N–H and O–H groups in total. The molecule has 0 fully saturated rings. The lowest BCUT2D eigenvalue weighted by molar-refractivity contribution is 0.112. The van der Waals surface area contributed by atoms with Crippen molar-refractivity contribution in [2.75, 3.05) is 0 Å². The van der Waals surface area contributed by atoms with Crippen LogP contribution in [-0.4, -0.2) is 10.9 Å². The molecule has 1 heterocycles. The van der Waals surface area contributed by atoms with Gasteiger partial charge in [-0.2, -0.15) is 0 Å². The van der Waals surface area contributed by atoms with E-state index < -0.39 is 0 Å². The van der Waals surface area contributed by atoms with E-state index in [2.05, 4.69) is 22.8 Å². The number of allylic oxidation sites excluding steroid dienone is 3. The first-order valence-electron chi connectivity index (χ1n) is 7.76. The zero-order chi connectivity index (χ0) is 16.8. The van der Waals surface area contributed by atoms with Crippen LogP contribution in [0, 0.1) is 13.8 Å². The highest BCUT2D eigenvalue weighted by molar-refractivity contribution is 6.49. The molecule has 0 atom stereocenters. The first-order valence-corrected chi connectivity index (χ1v) is 8.13. The molecule has 3 heteroatoms. The average Bonchev–Trinajstić information content (AvgIpc) is 2.82. The number of hydrogen-bond donors (Lipinski definition) is 0. The third-order valence-corrected chi connectivity index (χ3v) is 4.44. The number of carbonyl (C=O) groups is 1. The predicted molar refractivity (Wildman–Crippen MR) is 98.1 cm³/mol. The third kappa shape index (κ3) is 3.83.